The van der Waals surface area contributed by atoms with Gasteiger partial charge in [-0.05, 0) is 52.5 Å². The Hall–Kier alpha value is -2.40. The number of hydrogen-bond acceptors (Lipinski definition) is 2. The van der Waals surface area contributed by atoms with Crippen molar-refractivity contribution in [3.63, 3.8) is 0 Å². The van der Waals surface area contributed by atoms with Gasteiger partial charge in [0.2, 0.25) is 0 Å². The average molecular weight is 398 g/mol. The van der Waals surface area contributed by atoms with Crippen LogP contribution in [0.4, 0.5) is 5.69 Å². The van der Waals surface area contributed by atoms with Crippen molar-refractivity contribution in [1.29, 1.82) is 0 Å². The zero-order valence-corrected chi connectivity index (χ0v) is 15.9. The lowest BCUT2D eigenvalue weighted by molar-refractivity contribution is 0.102. The molecule has 0 saturated heterocycles. The summed E-state index contributed by atoms with van der Waals surface area (Å²) in [7, 11) is 0. The molecule has 1 amide bonds. The highest BCUT2D eigenvalue weighted by Gasteiger charge is 2.17. The second kappa shape index (κ2) is 7.66. The lowest BCUT2D eigenvalue weighted by Crippen LogP contribution is -2.15. The second-order valence-electron chi connectivity index (χ2n) is 5.94. The number of nitrogens with zero attached hydrogens (tertiary/aromatic N) is 2. The molecule has 0 atom stereocenters. The number of nitrogens with one attached hydrogen (secondary N) is 1. The van der Waals surface area contributed by atoms with E-state index < -0.39 is 0 Å². The van der Waals surface area contributed by atoms with Crippen LogP contribution < -0.4 is 5.32 Å². The van der Waals surface area contributed by atoms with Crippen LogP contribution in [0.15, 0.2) is 59.2 Å². The summed E-state index contributed by atoms with van der Waals surface area (Å²) >= 11 is 3.50. The van der Waals surface area contributed by atoms with Gasteiger partial charge in [0.1, 0.15) is 0 Å². The van der Waals surface area contributed by atoms with Gasteiger partial charge in [0, 0.05) is 4.47 Å². The molecule has 25 heavy (non-hydrogen) atoms. The van der Waals surface area contributed by atoms with E-state index in [2.05, 4.69) is 38.5 Å². The molecule has 0 bridgehead atoms. The van der Waals surface area contributed by atoms with Crippen molar-refractivity contribution in [2.45, 2.75) is 26.8 Å². The van der Waals surface area contributed by atoms with E-state index >= 15 is 0 Å². The zero-order valence-electron chi connectivity index (χ0n) is 14.3. The molecule has 1 N–H and O–H groups in total. The summed E-state index contributed by atoms with van der Waals surface area (Å²) < 4.78 is 2.77. The molecule has 0 radical (unpaired) electrons. The maximum absolute atomic E-state index is 12.7. The molecule has 0 fully saturated rings. The fourth-order valence-corrected chi connectivity index (χ4v) is 3.37. The smallest absolute Gasteiger partial charge is 0.259 e. The van der Waals surface area contributed by atoms with Crippen LogP contribution in [0.5, 0.6) is 0 Å². The van der Waals surface area contributed by atoms with Crippen LogP contribution >= 0.6 is 15.9 Å². The van der Waals surface area contributed by atoms with Crippen molar-refractivity contribution in [1.82, 2.24) is 9.78 Å². The Morgan fingerprint density at radius 3 is 2.64 bits per heavy atom. The van der Waals surface area contributed by atoms with Crippen molar-refractivity contribution < 1.29 is 4.79 Å². The van der Waals surface area contributed by atoms with Crippen LogP contribution in [0.25, 0.3) is 0 Å². The fourth-order valence-electron chi connectivity index (χ4n) is 2.78. The van der Waals surface area contributed by atoms with Gasteiger partial charge in [-0.1, -0.05) is 43.3 Å². The number of aromatic nitrogens is 2. The summed E-state index contributed by atoms with van der Waals surface area (Å²) in [6.45, 7) is 4.71. The highest BCUT2D eigenvalue weighted by Crippen LogP contribution is 2.24. The molecular formula is C20H20BrN3O. The lowest BCUT2D eigenvalue weighted by atomic mass is 10.1. The average Bonchev–Trinajstić information content (AvgIpc) is 3.01. The number of carbonyl (C=O) groups excluding carboxylic acids is 1. The molecule has 1 heterocycles. The predicted molar refractivity (Wildman–Crippen MR) is 104 cm³/mol. The Morgan fingerprint density at radius 2 is 1.96 bits per heavy atom. The van der Waals surface area contributed by atoms with Crippen molar-refractivity contribution in [3.8, 4) is 0 Å². The Bertz CT molecular complexity index is 887. The third-order valence-electron chi connectivity index (χ3n) is 4.08. The fraction of sp³-hybridized carbons (Fsp3) is 0.200. The first kappa shape index (κ1) is 17.4. The number of hydrogen-bond donors (Lipinski definition) is 1. The first-order valence-corrected chi connectivity index (χ1v) is 9.04. The SMILES string of the molecule is CCc1c(C(=O)Nc2ccc(C)cc2Br)cnn1Cc1ccccc1. The van der Waals surface area contributed by atoms with Gasteiger partial charge in [-0.25, -0.2) is 0 Å². The number of amides is 1. The lowest BCUT2D eigenvalue weighted by Gasteiger charge is -2.10. The number of halogens is 1. The van der Waals surface area contributed by atoms with Crippen LogP contribution in [0, 0.1) is 6.92 Å². The zero-order chi connectivity index (χ0) is 17.8. The van der Waals surface area contributed by atoms with Crippen molar-refractivity contribution in [3.05, 3.63) is 81.6 Å². The van der Waals surface area contributed by atoms with Gasteiger partial charge >= 0.3 is 0 Å². The van der Waals surface area contributed by atoms with E-state index in [1.165, 1.54) is 0 Å². The molecule has 4 nitrogen and oxygen atoms in total. The summed E-state index contributed by atoms with van der Waals surface area (Å²) in [5.41, 5.74) is 4.60. The van der Waals surface area contributed by atoms with E-state index in [1.54, 1.807) is 6.20 Å². The quantitative estimate of drug-likeness (QED) is 0.670. The maximum atomic E-state index is 12.7. The Kier molecular flexibility index (Phi) is 5.34. The normalized spacial score (nSPS) is 10.7. The molecule has 0 unspecified atom stereocenters. The molecule has 1 aromatic heterocycles. The highest BCUT2D eigenvalue weighted by atomic mass is 79.9. The molecule has 0 aliphatic carbocycles. The maximum Gasteiger partial charge on any atom is 0.259 e. The van der Waals surface area contributed by atoms with Crippen LogP contribution in [-0.4, -0.2) is 15.7 Å². The monoisotopic (exact) mass is 397 g/mol. The molecular weight excluding hydrogens is 378 g/mol. The summed E-state index contributed by atoms with van der Waals surface area (Å²) in [5, 5.41) is 7.39. The van der Waals surface area contributed by atoms with E-state index in [-0.39, 0.29) is 5.91 Å². The van der Waals surface area contributed by atoms with E-state index in [0.717, 1.165) is 33.4 Å². The van der Waals surface area contributed by atoms with E-state index in [4.69, 9.17) is 0 Å². The van der Waals surface area contributed by atoms with Crippen LogP contribution in [0.1, 0.15) is 34.1 Å². The Balaban J connectivity index is 1.83. The van der Waals surface area contributed by atoms with Gasteiger partial charge in [0.05, 0.1) is 29.7 Å². The minimum Gasteiger partial charge on any atom is -0.321 e. The number of benzene rings is 2. The van der Waals surface area contributed by atoms with Crippen LogP contribution in [-0.2, 0) is 13.0 Å². The van der Waals surface area contributed by atoms with Gasteiger partial charge in [-0.2, -0.15) is 5.10 Å². The molecule has 0 aliphatic heterocycles. The summed E-state index contributed by atoms with van der Waals surface area (Å²) in [6, 6.07) is 16.0. The predicted octanol–water partition coefficient (Wildman–Crippen LogP) is 4.82. The molecule has 0 aliphatic rings. The van der Waals surface area contributed by atoms with Crippen LogP contribution in [0.3, 0.4) is 0 Å². The largest absolute Gasteiger partial charge is 0.321 e. The molecule has 2 aromatic carbocycles. The second-order valence-corrected chi connectivity index (χ2v) is 6.79. The van der Waals surface area contributed by atoms with Crippen LogP contribution in [0.2, 0.25) is 0 Å². The molecule has 0 spiro atoms. The van der Waals surface area contributed by atoms with Crippen molar-refractivity contribution in [2.24, 2.45) is 0 Å². The first-order valence-electron chi connectivity index (χ1n) is 8.24. The van der Waals surface area contributed by atoms with E-state index in [9.17, 15) is 4.79 Å². The molecule has 5 heteroatoms. The summed E-state index contributed by atoms with van der Waals surface area (Å²) in [6.07, 6.45) is 2.39. The number of rotatable bonds is 5. The number of aryl methyl sites for hydroxylation is 1. The standard InChI is InChI=1S/C20H20BrN3O/c1-3-19-16(12-22-24(19)13-15-7-5-4-6-8-15)20(25)23-18-10-9-14(2)11-17(18)21/h4-12H,3,13H2,1-2H3,(H,23,25). The minimum atomic E-state index is -0.138. The third kappa shape index (κ3) is 3.99. The minimum absolute atomic E-state index is 0.138. The van der Waals surface area contributed by atoms with Gasteiger partial charge < -0.3 is 5.32 Å². The Labute approximate surface area is 156 Å². The van der Waals surface area contributed by atoms with Crippen molar-refractivity contribution >= 4 is 27.5 Å². The van der Waals surface area contributed by atoms with E-state index in [0.29, 0.717) is 12.1 Å². The van der Waals surface area contributed by atoms with Gasteiger partial charge in [0.25, 0.3) is 5.91 Å². The third-order valence-corrected chi connectivity index (χ3v) is 4.73. The molecule has 3 aromatic rings. The number of anilines is 1. The van der Waals surface area contributed by atoms with Gasteiger partial charge in [-0.15, -0.1) is 0 Å². The highest BCUT2D eigenvalue weighted by molar-refractivity contribution is 9.10. The molecule has 128 valence electrons. The first-order chi connectivity index (χ1) is 12.1. The topological polar surface area (TPSA) is 46.9 Å². The van der Waals surface area contributed by atoms with E-state index in [1.807, 2.05) is 54.9 Å². The molecule has 0 saturated carbocycles. The Morgan fingerprint density at radius 1 is 1.20 bits per heavy atom. The van der Waals surface area contributed by atoms with Gasteiger partial charge in [-0.3, -0.25) is 9.48 Å². The number of carbonyl (C=O) groups is 1. The molecule has 3 rings (SSSR count). The van der Waals surface area contributed by atoms with Gasteiger partial charge in [0.15, 0.2) is 0 Å². The summed E-state index contributed by atoms with van der Waals surface area (Å²) in [5.74, 6) is -0.138. The summed E-state index contributed by atoms with van der Waals surface area (Å²) in [4.78, 5) is 12.7. The van der Waals surface area contributed by atoms with Crippen molar-refractivity contribution in [2.75, 3.05) is 5.32 Å².